The number of ether oxygens (including phenoxy) is 1. The summed E-state index contributed by atoms with van der Waals surface area (Å²) in [4.78, 5) is 14.3. The van der Waals surface area contributed by atoms with Gasteiger partial charge in [-0.1, -0.05) is 18.2 Å². The van der Waals surface area contributed by atoms with Gasteiger partial charge in [-0.2, -0.15) is 0 Å². The number of nitrogens with zero attached hydrogens (tertiary/aromatic N) is 1. The van der Waals surface area contributed by atoms with Gasteiger partial charge < -0.3 is 4.74 Å². The molecule has 1 heterocycles. The summed E-state index contributed by atoms with van der Waals surface area (Å²) in [5, 5.41) is 0. The molecular weight excluding hydrogens is 214 g/mol. The van der Waals surface area contributed by atoms with E-state index in [2.05, 4.69) is 11.9 Å². The third-order valence-electron chi connectivity index (χ3n) is 3.95. The van der Waals surface area contributed by atoms with E-state index in [-0.39, 0.29) is 12.1 Å². The molecule has 1 aromatic carbocycles. The highest BCUT2D eigenvalue weighted by molar-refractivity contribution is 5.89. The second-order valence-corrected chi connectivity index (χ2v) is 5.15. The van der Waals surface area contributed by atoms with Gasteiger partial charge in [-0.05, 0) is 37.9 Å². The minimum absolute atomic E-state index is 0.0893. The molecule has 90 valence electrons. The summed E-state index contributed by atoms with van der Waals surface area (Å²) in [7, 11) is 2.12. The normalized spacial score (nSPS) is 31.7. The second kappa shape index (κ2) is 4.15. The Kier molecular flexibility index (Phi) is 2.63. The van der Waals surface area contributed by atoms with Crippen molar-refractivity contribution in [2.45, 2.75) is 25.0 Å². The highest BCUT2D eigenvalue weighted by Crippen LogP contribution is 2.38. The summed E-state index contributed by atoms with van der Waals surface area (Å²) < 4.78 is 5.62. The lowest BCUT2D eigenvalue weighted by Crippen LogP contribution is -2.40. The molecule has 3 heteroatoms. The zero-order chi connectivity index (χ0) is 11.8. The van der Waals surface area contributed by atoms with E-state index in [0.717, 1.165) is 18.9 Å². The van der Waals surface area contributed by atoms with Crippen LogP contribution in [0.1, 0.15) is 23.2 Å². The number of piperidine rings is 1. The molecule has 0 radical (unpaired) electrons. The molecule has 3 rings (SSSR count). The van der Waals surface area contributed by atoms with Crippen molar-refractivity contribution in [2.24, 2.45) is 5.92 Å². The predicted molar refractivity (Wildman–Crippen MR) is 64.8 cm³/mol. The van der Waals surface area contributed by atoms with Crippen molar-refractivity contribution < 1.29 is 9.53 Å². The third-order valence-corrected chi connectivity index (χ3v) is 3.95. The molecule has 3 nitrogen and oxygen atoms in total. The van der Waals surface area contributed by atoms with E-state index in [1.54, 1.807) is 12.1 Å². The molecule has 2 bridgehead atoms. The Morgan fingerprint density at radius 3 is 2.71 bits per heavy atom. The van der Waals surface area contributed by atoms with Crippen molar-refractivity contribution in [1.82, 2.24) is 4.90 Å². The van der Waals surface area contributed by atoms with Crippen LogP contribution in [0.25, 0.3) is 0 Å². The molecule has 2 fully saturated rings. The maximum atomic E-state index is 11.9. The van der Waals surface area contributed by atoms with Gasteiger partial charge in [0.2, 0.25) is 0 Å². The zero-order valence-corrected chi connectivity index (χ0v) is 10.0. The predicted octanol–water partition coefficient (Wildman–Crippen LogP) is 1.94. The highest BCUT2D eigenvalue weighted by atomic mass is 16.5. The first kappa shape index (κ1) is 10.8. The molecule has 0 amide bonds. The summed E-state index contributed by atoms with van der Waals surface area (Å²) in [5.41, 5.74) is 0.651. The standard InChI is InChI=1S/C14H17NO2/c1-15-9-10-7-12(15)13(8-10)17-14(16)11-5-3-2-4-6-11/h2-6,10,12-13H,7-9H2,1H3. The molecule has 0 spiro atoms. The smallest absolute Gasteiger partial charge is 0.338 e. The first-order chi connectivity index (χ1) is 8.24. The Bertz CT molecular complexity index is 417. The highest BCUT2D eigenvalue weighted by Gasteiger charge is 2.45. The Labute approximate surface area is 101 Å². The number of hydrogen-bond donors (Lipinski definition) is 0. The largest absolute Gasteiger partial charge is 0.457 e. The quantitative estimate of drug-likeness (QED) is 0.728. The van der Waals surface area contributed by atoms with Crippen molar-refractivity contribution in [2.75, 3.05) is 13.6 Å². The molecule has 1 saturated carbocycles. The number of benzene rings is 1. The fraction of sp³-hybridized carbons (Fsp3) is 0.500. The van der Waals surface area contributed by atoms with E-state index in [4.69, 9.17) is 4.74 Å². The number of hydrogen-bond acceptors (Lipinski definition) is 3. The Balaban J connectivity index is 1.67. The van der Waals surface area contributed by atoms with E-state index in [0.29, 0.717) is 11.6 Å². The molecule has 1 saturated heterocycles. The average Bonchev–Trinajstić information content (AvgIpc) is 2.88. The minimum atomic E-state index is -0.184. The van der Waals surface area contributed by atoms with Crippen LogP contribution in [0.3, 0.4) is 0 Å². The van der Waals surface area contributed by atoms with Gasteiger partial charge in [-0.25, -0.2) is 4.79 Å². The second-order valence-electron chi connectivity index (χ2n) is 5.15. The number of carbonyl (C=O) groups excluding carboxylic acids is 1. The Morgan fingerprint density at radius 2 is 2.06 bits per heavy atom. The molecule has 3 unspecified atom stereocenters. The number of likely N-dealkylation sites (N-methyl/N-ethyl adjacent to an activating group) is 1. The molecule has 1 aromatic rings. The molecule has 17 heavy (non-hydrogen) atoms. The van der Waals surface area contributed by atoms with E-state index >= 15 is 0 Å². The van der Waals surface area contributed by atoms with Crippen molar-refractivity contribution in [3.8, 4) is 0 Å². The van der Waals surface area contributed by atoms with Crippen LogP contribution in [0.5, 0.6) is 0 Å². The fourth-order valence-corrected chi connectivity index (χ4v) is 3.14. The van der Waals surface area contributed by atoms with E-state index in [1.807, 2.05) is 18.2 Å². The molecule has 2 aliphatic rings. The first-order valence-electron chi connectivity index (χ1n) is 6.20. The van der Waals surface area contributed by atoms with Crippen LogP contribution in [0.15, 0.2) is 30.3 Å². The first-order valence-corrected chi connectivity index (χ1v) is 6.20. The summed E-state index contributed by atoms with van der Waals surface area (Å²) in [6.07, 6.45) is 2.31. The van der Waals surface area contributed by atoms with Gasteiger partial charge in [0.05, 0.1) is 5.56 Å². The fourth-order valence-electron chi connectivity index (χ4n) is 3.14. The Hall–Kier alpha value is -1.35. The van der Waals surface area contributed by atoms with Crippen LogP contribution in [-0.4, -0.2) is 36.6 Å². The SMILES string of the molecule is CN1CC2CC(OC(=O)c3ccccc3)C1C2. The number of fused-ring (bicyclic) bond motifs is 2. The van der Waals surface area contributed by atoms with Crippen molar-refractivity contribution in [3.63, 3.8) is 0 Å². The van der Waals surface area contributed by atoms with E-state index < -0.39 is 0 Å². The number of likely N-dealkylation sites (tertiary alicyclic amines) is 1. The Morgan fingerprint density at radius 1 is 1.29 bits per heavy atom. The lowest BCUT2D eigenvalue weighted by molar-refractivity contribution is 0.00551. The summed E-state index contributed by atoms with van der Waals surface area (Å²) in [5.74, 6) is 0.537. The maximum Gasteiger partial charge on any atom is 0.338 e. The van der Waals surface area contributed by atoms with Crippen molar-refractivity contribution in [3.05, 3.63) is 35.9 Å². The van der Waals surface area contributed by atoms with Gasteiger partial charge in [0.1, 0.15) is 6.10 Å². The van der Waals surface area contributed by atoms with Crippen LogP contribution in [0.2, 0.25) is 0 Å². The molecule has 3 atom stereocenters. The van der Waals surface area contributed by atoms with Gasteiger partial charge in [-0.15, -0.1) is 0 Å². The van der Waals surface area contributed by atoms with Crippen LogP contribution in [-0.2, 0) is 4.74 Å². The van der Waals surface area contributed by atoms with E-state index in [1.165, 1.54) is 6.42 Å². The summed E-state index contributed by atoms with van der Waals surface area (Å²) in [6, 6.07) is 9.68. The topological polar surface area (TPSA) is 29.5 Å². The van der Waals surface area contributed by atoms with Gasteiger partial charge in [0.15, 0.2) is 0 Å². The molecular formula is C14H17NO2. The van der Waals surface area contributed by atoms with Crippen molar-refractivity contribution >= 4 is 5.97 Å². The lowest BCUT2D eigenvalue weighted by atomic mass is 10.1. The van der Waals surface area contributed by atoms with Crippen molar-refractivity contribution in [1.29, 1.82) is 0 Å². The van der Waals surface area contributed by atoms with Crippen LogP contribution in [0, 0.1) is 5.92 Å². The molecule has 0 N–H and O–H groups in total. The lowest BCUT2D eigenvalue weighted by Gasteiger charge is -2.29. The minimum Gasteiger partial charge on any atom is -0.457 e. The number of rotatable bonds is 2. The van der Waals surface area contributed by atoms with Gasteiger partial charge in [0, 0.05) is 12.6 Å². The van der Waals surface area contributed by atoms with Gasteiger partial charge >= 0.3 is 5.97 Å². The molecule has 1 aliphatic carbocycles. The number of esters is 1. The zero-order valence-electron chi connectivity index (χ0n) is 10.0. The summed E-state index contributed by atoms with van der Waals surface area (Å²) >= 11 is 0. The van der Waals surface area contributed by atoms with Crippen LogP contribution >= 0.6 is 0 Å². The average molecular weight is 231 g/mol. The van der Waals surface area contributed by atoms with Crippen LogP contribution in [0.4, 0.5) is 0 Å². The van der Waals surface area contributed by atoms with Crippen LogP contribution < -0.4 is 0 Å². The molecule has 1 aliphatic heterocycles. The monoisotopic (exact) mass is 231 g/mol. The molecule has 0 aromatic heterocycles. The number of carbonyl (C=O) groups is 1. The summed E-state index contributed by atoms with van der Waals surface area (Å²) in [6.45, 7) is 1.16. The van der Waals surface area contributed by atoms with E-state index in [9.17, 15) is 4.79 Å². The third kappa shape index (κ3) is 1.95. The maximum absolute atomic E-state index is 11.9. The van der Waals surface area contributed by atoms with Gasteiger partial charge in [-0.3, -0.25) is 4.90 Å². The van der Waals surface area contributed by atoms with Gasteiger partial charge in [0.25, 0.3) is 0 Å².